The smallest absolute Gasteiger partial charge is 0.223 e. The van der Waals surface area contributed by atoms with Crippen molar-refractivity contribution >= 4 is 29.1 Å². The molecule has 21 heavy (non-hydrogen) atoms. The molecular weight excluding hydrogens is 284 g/mol. The summed E-state index contributed by atoms with van der Waals surface area (Å²) < 4.78 is 0. The average Bonchev–Trinajstić information content (AvgIpc) is 2.91. The number of rotatable bonds is 3. The Morgan fingerprint density at radius 2 is 1.95 bits per heavy atom. The van der Waals surface area contributed by atoms with Gasteiger partial charge in [0.2, 0.25) is 5.91 Å². The van der Waals surface area contributed by atoms with Gasteiger partial charge in [0.1, 0.15) is 0 Å². The van der Waals surface area contributed by atoms with Gasteiger partial charge in [-0.1, -0.05) is 0 Å². The Labute approximate surface area is 129 Å². The molecule has 5 heteroatoms. The third-order valence-corrected chi connectivity index (χ3v) is 5.09. The van der Waals surface area contributed by atoms with E-state index in [4.69, 9.17) is 0 Å². The molecule has 0 spiro atoms. The molecule has 0 aromatic heterocycles. The van der Waals surface area contributed by atoms with Crippen molar-refractivity contribution in [2.45, 2.75) is 13.3 Å². The van der Waals surface area contributed by atoms with E-state index in [0.717, 1.165) is 54.4 Å². The Hall–Kier alpha value is -1.33. The van der Waals surface area contributed by atoms with E-state index in [2.05, 4.69) is 4.90 Å². The van der Waals surface area contributed by atoms with Crippen molar-refractivity contribution in [1.29, 1.82) is 0 Å². The van der Waals surface area contributed by atoms with E-state index in [1.807, 2.05) is 30.0 Å². The first kappa shape index (κ1) is 14.6. The summed E-state index contributed by atoms with van der Waals surface area (Å²) in [6, 6.07) is 5.75. The molecule has 0 N–H and O–H groups in total. The lowest BCUT2D eigenvalue weighted by Crippen LogP contribution is -2.36. The fraction of sp³-hybridized carbons (Fsp3) is 0.500. The summed E-state index contributed by atoms with van der Waals surface area (Å²) in [5.74, 6) is 2.49. The number of nitrogens with zero attached hydrogens (tertiary/aromatic N) is 2. The zero-order valence-corrected chi connectivity index (χ0v) is 13.1. The van der Waals surface area contributed by atoms with Crippen molar-refractivity contribution in [1.82, 2.24) is 4.90 Å². The molecule has 1 fully saturated rings. The fourth-order valence-corrected chi connectivity index (χ4v) is 3.93. The summed E-state index contributed by atoms with van der Waals surface area (Å²) in [5, 5.41) is 0. The number of ketones is 1. The standard InChI is InChI=1S/C16H20N2O2S/c1-12(19)18-5-4-13-10-14(2-3-15(13)18)16(20)11-17-6-8-21-9-7-17/h2-3,10H,4-9,11H2,1H3. The first-order valence-electron chi connectivity index (χ1n) is 7.39. The molecule has 3 rings (SSSR count). The van der Waals surface area contributed by atoms with Crippen molar-refractivity contribution in [2.24, 2.45) is 0 Å². The number of thioether (sulfide) groups is 1. The van der Waals surface area contributed by atoms with Crippen LogP contribution in [0, 0.1) is 0 Å². The summed E-state index contributed by atoms with van der Waals surface area (Å²) in [5.41, 5.74) is 2.86. The maximum absolute atomic E-state index is 12.4. The van der Waals surface area contributed by atoms with Crippen LogP contribution in [-0.2, 0) is 11.2 Å². The lowest BCUT2D eigenvalue weighted by molar-refractivity contribution is -0.116. The number of hydrogen-bond acceptors (Lipinski definition) is 4. The van der Waals surface area contributed by atoms with Gasteiger partial charge in [0.25, 0.3) is 0 Å². The van der Waals surface area contributed by atoms with Crippen LogP contribution >= 0.6 is 11.8 Å². The highest BCUT2D eigenvalue weighted by molar-refractivity contribution is 7.99. The van der Waals surface area contributed by atoms with Crippen molar-refractivity contribution in [3.05, 3.63) is 29.3 Å². The molecule has 2 aliphatic heterocycles. The van der Waals surface area contributed by atoms with Crippen LogP contribution < -0.4 is 4.90 Å². The lowest BCUT2D eigenvalue weighted by Gasteiger charge is -2.25. The van der Waals surface area contributed by atoms with Crippen LogP contribution in [0.5, 0.6) is 0 Å². The first-order valence-corrected chi connectivity index (χ1v) is 8.55. The van der Waals surface area contributed by atoms with Crippen molar-refractivity contribution in [2.75, 3.05) is 42.6 Å². The van der Waals surface area contributed by atoms with E-state index in [1.54, 1.807) is 11.8 Å². The number of Topliss-reactive ketones (excluding diaryl/α,β-unsaturated/α-hetero) is 1. The molecule has 1 saturated heterocycles. The van der Waals surface area contributed by atoms with Crippen LogP contribution in [0.2, 0.25) is 0 Å². The number of benzene rings is 1. The molecule has 112 valence electrons. The minimum absolute atomic E-state index is 0.0682. The van der Waals surface area contributed by atoms with Crippen LogP contribution in [0.1, 0.15) is 22.8 Å². The highest BCUT2D eigenvalue weighted by Crippen LogP contribution is 2.29. The monoisotopic (exact) mass is 304 g/mol. The van der Waals surface area contributed by atoms with E-state index >= 15 is 0 Å². The molecule has 0 atom stereocenters. The Bertz CT molecular complexity index is 567. The normalized spacial score (nSPS) is 18.6. The van der Waals surface area contributed by atoms with E-state index in [1.165, 1.54) is 0 Å². The third-order valence-electron chi connectivity index (χ3n) is 4.15. The fourth-order valence-electron chi connectivity index (χ4n) is 2.96. The van der Waals surface area contributed by atoms with Gasteiger partial charge >= 0.3 is 0 Å². The third kappa shape index (κ3) is 3.14. The van der Waals surface area contributed by atoms with Gasteiger partial charge in [-0.3, -0.25) is 14.5 Å². The predicted octanol–water partition coefficient (Wildman–Crippen LogP) is 1.83. The highest BCUT2D eigenvalue weighted by atomic mass is 32.2. The van der Waals surface area contributed by atoms with Gasteiger partial charge in [-0.25, -0.2) is 0 Å². The minimum Gasteiger partial charge on any atom is -0.312 e. The minimum atomic E-state index is 0.0682. The lowest BCUT2D eigenvalue weighted by atomic mass is 10.0. The molecule has 0 saturated carbocycles. The van der Waals surface area contributed by atoms with Gasteiger partial charge in [0.05, 0.1) is 6.54 Å². The summed E-state index contributed by atoms with van der Waals surface area (Å²) in [6.45, 7) is 4.82. The highest BCUT2D eigenvalue weighted by Gasteiger charge is 2.23. The Morgan fingerprint density at radius 3 is 2.67 bits per heavy atom. The van der Waals surface area contributed by atoms with Gasteiger partial charge in [-0.2, -0.15) is 11.8 Å². The zero-order valence-electron chi connectivity index (χ0n) is 12.3. The molecule has 0 radical (unpaired) electrons. The average molecular weight is 304 g/mol. The van der Waals surface area contributed by atoms with Crippen LogP contribution in [-0.4, -0.2) is 54.3 Å². The van der Waals surface area contributed by atoms with E-state index in [-0.39, 0.29) is 11.7 Å². The molecular formula is C16H20N2O2S. The molecule has 0 bridgehead atoms. The summed E-state index contributed by atoms with van der Waals surface area (Å²) >= 11 is 1.95. The van der Waals surface area contributed by atoms with Crippen molar-refractivity contribution in [3.8, 4) is 0 Å². The van der Waals surface area contributed by atoms with Crippen LogP contribution in [0.4, 0.5) is 5.69 Å². The van der Waals surface area contributed by atoms with Crippen LogP contribution in [0.15, 0.2) is 18.2 Å². The van der Waals surface area contributed by atoms with Crippen LogP contribution in [0.3, 0.4) is 0 Å². The number of fused-ring (bicyclic) bond motifs is 1. The molecule has 2 aliphatic rings. The molecule has 0 unspecified atom stereocenters. The van der Waals surface area contributed by atoms with E-state index < -0.39 is 0 Å². The Balaban J connectivity index is 1.72. The largest absolute Gasteiger partial charge is 0.312 e. The van der Waals surface area contributed by atoms with Gasteiger partial charge < -0.3 is 4.90 Å². The maximum Gasteiger partial charge on any atom is 0.223 e. The topological polar surface area (TPSA) is 40.6 Å². The molecule has 0 aliphatic carbocycles. The summed E-state index contributed by atoms with van der Waals surface area (Å²) in [4.78, 5) is 28.0. The predicted molar refractivity (Wildman–Crippen MR) is 86.3 cm³/mol. The number of hydrogen-bond donors (Lipinski definition) is 0. The number of anilines is 1. The maximum atomic E-state index is 12.4. The van der Waals surface area contributed by atoms with Gasteiger partial charge in [-0.05, 0) is 30.2 Å². The van der Waals surface area contributed by atoms with Gasteiger partial charge in [-0.15, -0.1) is 0 Å². The molecule has 1 aromatic rings. The van der Waals surface area contributed by atoms with E-state index in [9.17, 15) is 9.59 Å². The molecule has 1 aromatic carbocycles. The number of amides is 1. The number of carbonyl (C=O) groups is 2. The second-order valence-corrected chi connectivity index (χ2v) is 6.80. The van der Waals surface area contributed by atoms with E-state index in [0.29, 0.717) is 6.54 Å². The number of carbonyl (C=O) groups excluding carboxylic acids is 2. The SMILES string of the molecule is CC(=O)N1CCc2cc(C(=O)CN3CCSCC3)ccc21. The molecule has 4 nitrogen and oxygen atoms in total. The summed E-state index contributed by atoms with van der Waals surface area (Å²) in [7, 11) is 0. The molecule has 2 heterocycles. The summed E-state index contributed by atoms with van der Waals surface area (Å²) in [6.07, 6.45) is 0.844. The van der Waals surface area contributed by atoms with Crippen LogP contribution in [0.25, 0.3) is 0 Å². The zero-order chi connectivity index (χ0) is 14.8. The molecule has 1 amide bonds. The van der Waals surface area contributed by atoms with Crippen molar-refractivity contribution in [3.63, 3.8) is 0 Å². The first-order chi connectivity index (χ1) is 10.1. The van der Waals surface area contributed by atoms with Gasteiger partial charge in [0, 0.05) is 49.3 Å². The second-order valence-electron chi connectivity index (χ2n) is 5.58. The Kier molecular flexibility index (Phi) is 4.31. The van der Waals surface area contributed by atoms with Gasteiger partial charge in [0.15, 0.2) is 5.78 Å². The van der Waals surface area contributed by atoms with Crippen molar-refractivity contribution < 1.29 is 9.59 Å². The quantitative estimate of drug-likeness (QED) is 0.799. The second kappa shape index (κ2) is 6.20. The Morgan fingerprint density at radius 1 is 1.19 bits per heavy atom.